The summed E-state index contributed by atoms with van der Waals surface area (Å²) in [6.45, 7) is 2.87. The van der Waals surface area contributed by atoms with E-state index >= 15 is 0 Å². The Morgan fingerprint density at radius 2 is 1.78 bits per heavy atom. The maximum atomic E-state index is 11.7. The molecule has 0 aliphatic heterocycles. The third-order valence-electron chi connectivity index (χ3n) is 3.59. The summed E-state index contributed by atoms with van der Waals surface area (Å²) < 4.78 is 0. The number of benzene rings is 2. The van der Waals surface area contributed by atoms with E-state index in [1.807, 2.05) is 36.4 Å². The van der Waals surface area contributed by atoms with Crippen LogP contribution >= 0.6 is 0 Å². The summed E-state index contributed by atoms with van der Waals surface area (Å²) in [5.74, 6) is 0. The van der Waals surface area contributed by atoms with Crippen LogP contribution in [0.1, 0.15) is 16.7 Å². The van der Waals surface area contributed by atoms with Crippen LogP contribution in [0.5, 0.6) is 0 Å². The molecule has 2 aromatic carbocycles. The molecule has 23 heavy (non-hydrogen) atoms. The van der Waals surface area contributed by atoms with Crippen molar-refractivity contribution in [2.75, 3.05) is 13.1 Å². The van der Waals surface area contributed by atoms with E-state index in [0.717, 1.165) is 12.0 Å². The predicted octanol–water partition coefficient (Wildman–Crippen LogP) is 2.44. The summed E-state index contributed by atoms with van der Waals surface area (Å²) >= 11 is 0. The molecule has 0 heterocycles. The van der Waals surface area contributed by atoms with Gasteiger partial charge in [-0.1, -0.05) is 60.2 Å². The van der Waals surface area contributed by atoms with Gasteiger partial charge in [-0.25, -0.2) is 4.79 Å². The zero-order valence-corrected chi connectivity index (χ0v) is 13.5. The Hall–Kier alpha value is -2.33. The highest BCUT2D eigenvalue weighted by Gasteiger charge is 2.07. The van der Waals surface area contributed by atoms with E-state index in [2.05, 4.69) is 35.8 Å². The lowest BCUT2D eigenvalue weighted by atomic mass is 10.1. The number of nitrogens with one attached hydrogen (secondary N) is 2. The van der Waals surface area contributed by atoms with Gasteiger partial charge in [0.15, 0.2) is 0 Å². The second-order valence-corrected chi connectivity index (χ2v) is 5.72. The number of hydrogen-bond acceptors (Lipinski definition) is 2. The molecule has 1 atom stereocenters. The van der Waals surface area contributed by atoms with Crippen LogP contribution < -0.4 is 10.6 Å². The molecule has 2 amide bonds. The molecular weight excluding hydrogens is 288 g/mol. The highest BCUT2D eigenvalue weighted by molar-refractivity contribution is 5.73. The molecule has 0 saturated carbocycles. The first-order valence-electron chi connectivity index (χ1n) is 7.93. The smallest absolute Gasteiger partial charge is 0.314 e. The molecule has 4 heteroatoms. The Kier molecular flexibility index (Phi) is 6.63. The maximum absolute atomic E-state index is 11.7. The largest absolute Gasteiger partial charge is 0.391 e. The minimum Gasteiger partial charge on any atom is -0.391 e. The van der Waals surface area contributed by atoms with Gasteiger partial charge in [0.2, 0.25) is 0 Å². The standard InChI is InChI=1S/C19H24N2O2/c1-15-6-5-9-17(12-15)10-11-20-19(23)21-14-18(22)13-16-7-3-2-4-8-16/h2-9,12,18,22H,10-11,13-14H2,1H3,(H2,20,21,23). The molecule has 0 spiro atoms. The fraction of sp³-hybridized carbons (Fsp3) is 0.316. The van der Waals surface area contributed by atoms with E-state index < -0.39 is 6.10 Å². The number of aryl methyl sites for hydroxylation is 1. The predicted molar refractivity (Wildman–Crippen MR) is 92.4 cm³/mol. The molecule has 0 fully saturated rings. The lowest BCUT2D eigenvalue weighted by Gasteiger charge is -2.13. The molecule has 122 valence electrons. The molecule has 4 nitrogen and oxygen atoms in total. The van der Waals surface area contributed by atoms with Crippen LogP contribution in [0.4, 0.5) is 4.79 Å². The molecule has 0 radical (unpaired) electrons. The van der Waals surface area contributed by atoms with E-state index in [4.69, 9.17) is 0 Å². The number of urea groups is 1. The zero-order valence-electron chi connectivity index (χ0n) is 13.5. The van der Waals surface area contributed by atoms with Gasteiger partial charge in [0.1, 0.15) is 0 Å². The Balaban J connectivity index is 1.63. The van der Waals surface area contributed by atoms with Gasteiger partial charge in [-0.2, -0.15) is 0 Å². The first-order valence-corrected chi connectivity index (χ1v) is 7.93. The Morgan fingerprint density at radius 3 is 2.52 bits per heavy atom. The van der Waals surface area contributed by atoms with Crippen molar-refractivity contribution in [2.24, 2.45) is 0 Å². The number of aliphatic hydroxyl groups excluding tert-OH is 1. The van der Waals surface area contributed by atoms with E-state index in [0.29, 0.717) is 13.0 Å². The fourth-order valence-corrected chi connectivity index (χ4v) is 2.42. The molecule has 2 aromatic rings. The molecule has 1 unspecified atom stereocenters. The normalized spacial score (nSPS) is 11.7. The van der Waals surface area contributed by atoms with Crippen molar-refractivity contribution in [2.45, 2.75) is 25.9 Å². The molecule has 0 aliphatic rings. The van der Waals surface area contributed by atoms with Crippen molar-refractivity contribution < 1.29 is 9.90 Å². The highest BCUT2D eigenvalue weighted by atomic mass is 16.3. The second-order valence-electron chi connectivity index (χ2n) is 5.72. The number of rotatable bonds is 7. The van der Waals surface area contributed by atoms with Gasteiger partial charge in [0.05, 0.1) is 6.10 Å². The average Bonchev–Trinajstić information content (AvgIpc) is 2.54. The molecule has 0 aliphatic carbocycles. The summed E-state index contributed by atoms with van der Waals surface area (Å²) in [5.41, 5.74) is 3.48. The highest BCUT2D eigenvalue weighted by Crippen LogP contribution is 2.04. The summed E-state index contributed by atoms with van der Waals surface area (Å²) in [6.07, 6.45) is 0.742. The lowest BCUT2D eigenvalue weighted by molar-refractivity contribution is 0.170. The topological polar surface area (TPSA) is 61.4 Å². The minimum atomic E-state index is -0.583. The average molecular weight is 312 g/mol. The van der Waals surface area contributed by atoms with Gasteiger partial charge < -0.3 is 15.7 Å². The van der Waals surface area contributed by atoms with E-state index in [9.17, 15) is 9.90 Å². The van der Waals surface area contributed by atoms with Crippen molar-refractivity contribution in [3.05, 3.63) is 71.3 Å². The van der Waals surface area contributed by atoms with Crippen molar-refractivity contribution in [1.82, 2.24) is 10.6 Å². The van der Waals surface area contributed by atoms with Crippen LogP contribution in [-0.4, -0.2) is 30.3 Å². The molecule has 0 aromatic heterocycles. The van der Waals surface area contributed by atoms with Gasteiger partial charge >= 0.3 is 6.03 Å². The van der Waals surface area contributed by atoms with E-state index in [-0.39, 0.29) is 12.6 Å². The fourth-order valence-electron chi connectivity index (χ4n) is 2.42. The quantitative estimate of drug-likeness (QED) is 0.735. The van der Waals surface area contributed by atoms with Crippen LogP contribution in [0.3, 0.4) is 0 Å². The van der Waals surface area contributed by atoms with Crippen LogP contribution in [-0.2, 0) is 12.8 Å². The molecule has 2 rings (SSSR count). The van der Waals surface area contributed by atoms with Crippen molar-refractivity contribution >= 4 is 6.03 Å². The monoisotopic (exact) mass is 312 g/mol. The first-order chi connectivity index (χ1) is 11.1. The van der Waals surface area contributed by atoms with Gasteiger partial charge in [0.25, 0.3) is 0 Å². The summed E-state index contributed by atoms with van der Waals surface area (Å²) in [4.78, 5) is 11.7. The van der Waals surface area contributed by atoms with Crippen LogP contribution in [0.2, 0.25) is 0 Å². The summed E-state index contributed by atoms with van der Waals surface area (Å²) in [6, 6.07) is 17.7. The maximum Gasteiger partial charge on any atom is 0.314 e. The number of hydrogen-bond donors (Lipinski definition) is 3. The Labute approximate surface area is 137 Å². The number of amides is 2. The van der Waals surface area contributed by atoms with Crippen molar-refractivity contribution in [3.8, 4) is 0 Å². The van der Waals surface area contributed by atoms with E-state index in [1.54, 1.807) is 0 Å². The minimum absolute atomic E-state index is 0.241. The SMILES string of the molecule is Cc1cccc(CCNC(=O)NCC(O)Cc2ccccc2)c1. The first kappa shape index (κ1) is 17.0. The van der Waals surface area contributed by atoms with Crippen LogP contribution in [0, 0.1) is 6.92 Å². The van der Waals surface area contributed by atoms with Gasteiger partial charge in [0, 0.05) is 19.5 Å². The lowest BCUT2D eigenvalue weighted by Crippen LogP contribution is -2.41. The van der Waals surface area contributed by atoms with Crippen molar-refractivity contribution in [1.29, 1.82) is 0 Å². The van der Waals surface area contributed by atoms with Crippen LogP contribution in [0.15, 0.2) is 54.6 Å². The van der Waals surface area contributed by atoms with Gasteiger partial charge in [-0.15, -0.1) is 0 Å². The number of aliphatic hydroxyl groups is 1. The summed E-state index contributed by atoms with van der Waals surface area (Å²) in [5, 5.41) is 15.5. The van der Waals surface area contributed by atoms with Crippen molar-refractivity contribution in [3.63, 3.8) is 0 Å². The summed E-state index contributed by atoms with van der Waals surface area (Å²) in [7, 11) is 0. The zero-order chi connectivity index (χ0) is 16.5. The van der Waals surface area contributed by atoms with E-state index in [1.165, 1.54) is 11.1 Å². The number of carbonyl (C=O) groups is 1. The molecule has 0 saturated heterocycles. The third kappa shape index (κ3) is 6.53. The Bertz CT molecular complexity index is 614. The van der Waals surface area contributed by atoms with Crippen LogP contribution in [0.25, 0.3) is 0 Å². The molecular formula is C19H24N2O2. The Morgan fingerprint density at radius 1 is 1.04 bits per heavy atom. The van der Waals surface area contributed by atoms with Gasteiger partial charge in [-0.3, -0.25) is 0 Å². The number of carbonyl (C=O) groups excluding carboxylic acids is 1. The second kappa shape index (κ2) is 8.96. The third-order valence-corrected chi connectivity index (χ3v) is 3.59. The van der Waals surface area contributed by atoms with Gasteiger partial charge in [-0.05, 0) is 24.5 Å². The molecule has 0 bridgehead atoms. The molecule has 3 N–H and O–H groups in total.